The topological polar surface area (TPSA) is 28.2 Å². The van der Waals surface area contributed by atoms with Gasteiger partial charge in [-0.25, -0.2) is 4.98 Å². The summed E-state index contributed by atoms with van der Waals surface area (Å²) in [7, 11) is 1.95. The van der Waals surface area contributed by atoms with Crippen LogP contribution in [0.25, 0.3) is 0 Å². The van der Waals surface area contributed by atoms with Crippen LogP contribution in [0, 0.1) is 11.8 Å². The van der Waals surface area contributed by atoms with Gasteiger partial charge in [-0.2, -0.15) is 0 Å². The van der Waals surface area contributed by atoms with Gasteiger partial charge in [0.25, 0.3) is 0 Å². The molecule has 0 aliphatic heterocycles. The molecule has 2 aliphatic rings. The minimum atomic E-state index is 0.760. The maximum Gasteiger partial charge on any atom is 0.128 e. The zero-order chi connectivity index (χ0) is 13.2. The molecule has 0 aromatic carbocycles. The lowest BCUT2D eigenvalue weighted by molar-refractivity contribution is 0.670. The first-order chi connectivity index (χ1) is 9.26. The van der Waals surface area contributed by atoms with Crippen LogP contribution in [0.4, 0.5) is 5.82 Å². The number of pyridine rings is 1. The van der Waals surface area contributed by atoms with Crippen LogP contribution in [0.5, 0.6) is 0 Å². The second-order valence-corrected chi connectivity index (χ2v) is 6.36. The SMILES string of the molecule is CNCc1cc(N(CC2CC2)CC2CC2)ncc1Cl. The Bertz CT molecular complexity index is 427. The molecule has 0 radical (unpaired) electrons. The van der Waals surface area contributed by atoms with Crippen LogP contribution in [0.3, 0.4) is 0 Å². The molecule has 2 aliphatic carbocycles. The van der Waals surface area contributed by atoms with Crippen molar-refractivity contribution in [1.29, 1.82) is 0 Å². The third-order valence-corrected chi connectivity index (χ3v) is 4.30. The van der Waals surface area contributed by atoms with Crippen molar-refractivity contribution in [2.45, 2.75) is 32.2 Å². The van der Waals surface area contributed by atoms with Gasteiger partial charge < -0.3 is 10.2 Å². The Morgan fingerprint density at radius 1 is 1.26 bits per heavy atom. The summed E-state index contributed by atoms with van der Waals surface area (Å²) in [6.45, 7) is 3.14. The van der Waals surface area contributed by atoms with Crippen molar-refractivity contribution < 1.29 is 0 Å². The lowest BCUT2D eigenvalue weighted by atomic mass is 10.2. The van der Waals surface area contributed by atoms with Gasteiger partial charge in [0.1, 0.15) is 5.82 Å². The number of rotatable bonds is 7. The predicted octanol–water partition coefficient (Wildman–Crippen LogP) is 3.08. The lowest BCUT2D eigenvalue weighted by Crippen LogP contribution is -2.29. The minimum Gasteiger partial charge on any atom is -0.356 e. The molecule has 1 aromatic rings. The molecular formula is C15H22ClN3. The number of nitrogens with one attached hydrogen (secondary N) is 1. The van der Waals surface area contributed by atoms with Gasteiger partial charge in [0.15, 0.2) is 0 Å². The zero-order valence-electron chi connectivity index (χ0n) is 11.5. The zero-order valence-corrected chi connectivity index (χ0v) is 12.3. The minimum absolute atomic E-state index is 0.760. The Balaban J connectivity index is 1.76. The number of hydrogen-bond acceptors (Lipinski definition) is 3. The number of anilines is 1. The molecule has 0 amide bonds. The van der Waals surface area contributed by atoms with Gasteiger partial charge >= 0.3 is 0 Å². The second kappa shape index (κ2) is 5.68. The molecule has 1 aromatic heterocycles. The van der Waals surface area contributed by atoms with E-state index in [0.717, 1.165) is 34.8 Å². The fourth-order valence-corrected chi connectivity index (χ4v) is 2.62. The third kappa shape index (κ3) is 3.61. The fraction of sp³-hybridized carbons (Fsp3) is 0.667. The molecule has 0 spiro atoms. The molecule has 2 saturated carbocycles. The molecule has 4 heteroatoms. The molecule has 1 N–H and O–H groups in total. The summed E-state index contributed by atoms with van der Waals surface area (Å²) >= 11 is 6.19. The summed E-state index contributed by atoms with van der Waals surface area (Å²) in [6, 6.07) is 2.16. The van der Waals surface area contributed by atoms with Crippen molar-refractivity contribution in [1.82, 2.24) is 10.3 Å². The first-order valence-electron chi connectivity index (χ1n) is 7.30. The second-order valence-electron chi connectivity index (χ2n) is 5.96. The van der Waals surface area contributed by atoms with Gasteiger partial charge in [-0.05, 0) is 56.2 Å². The smallest absolute Gasteiger partial charge is 0.128 e. The molecule has 0 atom stereocenters. The molecule has 0 unspecified atom stereocenters. The Kier molecular flexibility index (Phi) is 3.94. The van der Waals surface area contributed by atoms with E-state index in [-0.39, 0.29) is 0 Å². The van der Waals surface area contributed by atoms with Crippen LogP contribution in [0.15, 0.2) is 12.3 Å². The van der Waals surface area contributed by atoms with Crippen molar-refractivity contribution >= 4 is 17.4 Å². The van der Waals surface area contributed by atoms with E-state index in [1.165, 1.54) is 38.8 Å². The van der Waals surface area contributed by atoms with E-state index < -0.39 is 0 Å². The van der Waals surface area contributed by atoms with Gasteiger partial charge in [0.05, 0.1) is 5.02 Å². The van der Waals surface area contributed by atoms with Crippen molar-refractivity contribution in [2.24, 2.45) is 11.8 Å². The highest BCUT2D eigenvalue weighted by Gasteiger charge is 2.29. The van der Waals surface area contributed by atoms with Crippen molar-refractivity contribution in [3.05, 3.63) is 22.8 Å². The summed E-state index contributed by atoms with van der Waals surface area (Å²) in [5.41, 5.74) is 1.14. The van der Waals surface area contributed by atoms with Crippen molar-refractivity contribution in [2.75, 3.05) is 25.0 Å². The number of hydrogen-bond donors (Lipinski definition) is 1. The average Bonchev–Trinajstić information content (AvgIpc) is 3.26. The predicted molar refractivity (Wildman–Crippen MR) is 79.7 cm³/mol. The monoisotopic (exact) mass is 279 g/mol. The Labute approximate surface area is 120 Å². The summed E-state index contributed by atoms with van der Waals surface area (Å²) in [4.78, 5) is 7.03. The summed E-state index contributed by atoms with van der Waals surface area (Å²) in [5.74, 6) is 2.89. The standard InChI is InChI=1S/C15H22ClN3/c1-17-7-13-6-15(18-8-14(13)16)19(9-11-2-3-11)10-12-4-5-12/h6,8,11-12,17H,2-5,7,9-10H2,1H3. The van der Waals surface area contributed by atoms with Crippen LogP contribution in [0.1, 0.15) is 31.2 Å². The van der Waals surface area contributed by atoms with E-state index in [9.17, 15) is 0 Å². The first kappa shape index (κ1) is 13.2. The molecule has 2 fully saturated rings. The van der Waals surface area contributed by atoms with Gasteiger partial charge in [0, 0.05) is 25.8 Å². The van der Waals surface area contributed by atoms with Crippen molar-refractivity contribution in [3.63, 3.8) is 0 Å². The maximum absolute atomic E-state index is 6.19. The number of nitrogens with zero attached hydrogens (tertiary/aromatic N) is 2. The summed E-state index contributed by atoms with van der Waals surface area (Å²) in [5, 5.41) is 3.93. The van der Waals surface area contributed by atoms with E-state index >= 15 is 0 Å². The molecule has 3 rings (SSSR count). The molecule has 104 valence electrons. The van der Waals surface area contributed by atoms with Gasteiger partial charge in [-0.1, -0.05) is 11.6 Å². The molecule has 0 saturated heterocycles. The largest absolute Gasteiger partial charge is 0.356 e. The summed E-state index contributed by atoms with van der Waals surface area (Å²) < 4.78 is 0. The number of aromatic nitrogens is 1. The van der Waals surface area contributed by atoms with E-state index in [0.29, 0.717) is 0 Å². The molecule has 3 nitrogen and oxygen atoms in total. The quantitative estimate of drug-likeness (QED) is 0.831. The van der Waals surface area contributed by atoms with E-state index in [1.807, 2.05) is 7.05 Å². The summed E-state index contributed by atoms with van der Waals surface area (Å²) in [6.07, 6.45) is 7.35. The maximum atomic E-state index is 6.19. The first-order valence-corrected chi connectivity index (χ1v) is 7.68. The Hall–Kier alpha value is -0.800. The Morgan fingerprint density at radius 3 is 2.42 bits per heavy atom. The molecule has 1 heterocycles. The molecular weight excluding hydrogens is 258 g/mol. The molecule has 19 heavy (non-hydrogen) atoms. The van der Waals surface area contributed by atoms with Gasteiger partial charge in [0.2, 0.25) is 0 Å². The average molecular weight is 280 g/mol. The van der Waals surface area contributed by atoms with Gasteiger partial charge in [-0.15, -0.1) is 0 Å². The van der Waals surface area contributed by atoms with E-state index in [1.54, 1.807) is 6.20 Å². The van der Waals surface area contributed by atoms with Crippen molar-refractivity contribution in [3.8, 4) is 0 Å². The Morgan fingerprint density at radius 2 is 1.89 bits per heavy atom. The van der Waals surface area contributed by atoms with Crippen LogP contribution in [-0.2, 0) is 6.54 Å². The van der Waals surface area contributed by atoms with Crippen LogP contribution < -0.4 is 10.2 Å². The number of halogens is 1. The van der Waals surface area contributed by atoms with Crippen LogP contribution in [0.2, 0.25) is 5.02 Å². The van der Waals surface area contributed by atoms with E-state index in [4.69, 9.17) is 11.6 Å². The van der Waals surface area contributed by atoms with E-state index in [2.05, 4.69) is 21.3 Å². The highest BCUT2D eigenvalue weighted by Crippen LogP contribution is 2.35. The third-order valence-electron chi connectivity index (χ3n) is 3.96. The van der Waals surface area contributed by atoms with Crippen LogP contribution >= 0.6 is 11.6 Å². The van der Waals surface area contributed by atoms with Crippen LogP contribution in [-0.4, -0.2) is 25.1 Å². The normalized spacial score (nSPS) is 18.6. The lowest BCUT2D eigenvalue weighted by Gasteiger charge is -2.24. The fourth-order valence-electron chi connectivity index (χ4n) is 2.45. The molecule has 0 bridgehead atoms. The highest BCUT2D eigenvalue weighted by atomic mass is 35.5. The van der Waals surface area contributed by atoms with Gasteiger partial charge in [-0.3, -0.25) is 0 Å². The highest BCUT2D eigenvalue weighted by molar-refractivity contribution is 6.31.